The lowest BCUT2D eigenvalue weighted by molar-refractivity contribution is -0.134. The number of sulfonamides is 1. The molecule has 146 valence electrons. The standard InChI is InChI=1S/C17H21N3O5S2/c1-3-24-12-4-6-13(7-5-12)25-11-16(21)20-9-8-14-15(10-20)26-17(18-14)19-27(2,22)23/h4-7H,3,8-11H2,1-2H3,(H,18,19). The van der Waals surface area contributed by atoms with Gasteiger partial charge < -0.3 is 14.4 Å². The highest BCUT2D eigenvalue weighted by atomic mass is 32.2. The molecular weight excluding hydrogens is 390 g/mol. The first-order chi connectivity index (χ1) is 12.8. The van der Waals surface area contributed by atoms with Gasteiger partial charge in [0.25, 0.3) is 5.91 Å². The molecule has 8 nitrogen and oxygen atoms in total. The highest BCUT2D eigenvalue weighted by Crippen LogP contribution is 2.29. The highest BCUT2D eigenvalue weighted by Gasteiger charge is 2.25. The average Bonchev–Trinajstić information content (AvgIpc) is 3.00. The second-order valence-corrected chi connectivity index (χ2v) is 8.85. The summed E-state index contributed by atoms with van der Waals surface area (Å²) in [7, 11) is -3.36. The van der Waals surface area contributed by atoms with Crippen molar-refractivity contribution in [2.24, 2.45) is 0 Å². The SMILES string of the molecule is CCOc1ccc(OCC(=O)N2CCc3nc(NS(C)(=O)=O)sc3C2)cc1. The number of carbonyl (C=O) groups is 1. The first kappa shape index (κ1) is 19.4. The number of thiazole rings is 1. The van der Waals surface area contributed by atoms with Gasteiger partial charge in [0.2, 0.25) is 10.0 Å². The van der Waals surface area contributed by atoms with Crippen LogP contribution in [0.3, 0.4) is 0 Å². The molecule has 0 unspecified atom stereocenters. The molecule has 2 heterocycles. The van der Waals surface area contributed by atoms with Gasteiger partial charge in [-0.1, -0.05) is 11.3 Å². The van der Waals surface area contributed by atoms with Crippen molar-refractivity contribution < 1.29 is 22.7 Å². The van der Waals surface area contributed by atoms with E-state index < -0.39 is 10.0 Å². The third-order valence-electron chi connectivity index (χ3n) is 3.85. The molecule has 1 aliphatic heterocycles. The van der Waals surface area contributed by atoms with Crippen LogP contribution in [0.15, 0.2) is 24.3 Å². The van der Waals surface area contributed by atoms with Crippen molar-refractivity contribution in [3.05, 3.63) is 34.8 Å². The number of amides is 1. The number of benzene rings is 1. The molecule has 0 radical (unpaired) electrons. The minimum absolute atomic E-state index is 0.0590. The average molecular weight is 412 g/mol. The molecule has 27 heavy (non-hydrogen) atoms. The van der Waals surface area contributed by atoms with E-state index in [0.29, 0.717) is 37.0 Å². The Labute approximate surface area is 162 Å². The molecule has 0 saturated carbocycles. The number of aromatic nitrogens is 1. The number of nitrogens with one attached hydrogen (secondary N) is 1. The van der Waals surface area contributed by atoms with Crippen molar-refractivity contribution in [2.75, 3.05) is 30.7 Å². The van der Waals surface area contributed by atoms with Gasteiger partial charge in [-0.15, -0.1) is 0 Å². The van der Waals surface area contributed by atoms with E-state index in [1.54, 1.807) is 29.2 Å². The Morgan fingerprint density at radius 1 is 1.26 bits per heavy atom. The monoisotopic (exact) mass is 411 g/mol. The largest absolute Gasteiger partial charge is 0.494 e. The molecule has 2 aromatic rings. The zero-order valence-electron chi connectivity index (χ0n) is 15.1. The van der Waals surface area contributed by atoms with E-state index in [1.807, 2.05) is 6.92 Å². The van der Waals surface area contributed by atoms with Crippen LogP contribution in [0.5, 0.6) is 11.5 Å². The summed E-state index contributed by atoms with van der Waals surface area (Å²) in [6.45, 7) is 3.38. The summed E-state index contributed by atoms with van der Waals surface area (Å²) in [6, 6.07) is 7.12. The molecule has 1 amide bonds. The lowest BCUT2D eigenvalue weighted by Crippen LogP contribution is -2.38. The first-order valence-corrected chi connectivity index (χ1v) is 11.1. The molecule has 1 aliphatic rings. The first-order valence-electron chi connectivity index (χ1n) is 8.44. The molecule has 1 aromatic heterocycles. The molecule has 1 aromatic carbocycles. The summed E-state index contributed by atoms with van der Waals surface area (Å²) < 4.78 is 36.0. The van der Waals surface area contributed by atoms with Crippen molar-refractivity contribution in [3.63, 3.8) is 0 Å². The molecule has 0 fully saturated rings. The Hall–Kier alpha value is -2.33. The zero-order chi connectivity index (χ0) is 19.4. The highest BCUT2D eigenvalue weighted by molar-refractivity contribution is 7.92. The Morgan fingerprint density at radius 2 is 1.93 bits per heavy atom. The van der Waals surface area contributed by atoms with E-state index in [4.69, 9.17) is 9.47 Å². The molecule has 0 bridgehead atoms. The Morgan fingerprint density at radius 3 is 2.56 bits per heavy atom. The Balaban J connectivity index is 1.55. The number of ether oxygens (including phenoxy) is 2. The number of rotatable bonds is 7. The summed E-state index contributed by atoms with van der Waals surface area (Å²) in [4.78, 5) is 19.3. The van der Waals surface area contributed by atoms with Gasteiger partial charge in [0.05, 0.1) is 25.1 Å². The van der Waals surface area contributed by atoms with Crippen LogP contribution < -0.4 is 14.2 Å². The summed E-state index contributed by atoms with van der Waals surface area (Å²) in [5.74, 6) is 1.23. The number of carbonyl (C=O) groups excluding carboxylic acids is 1. The Kier molecular flexibility index (Phi) is 5.85. The summed E-state index contributed by atoms with van der Waals surface area (Å²) in [5, 5.41) is 0.336. The lowest BCUT2D eigenvalue weighted by Gasteiger charge is -2.26. The van der Waals surface area contributed by atoms with Gasteiger partial charge in [-0.2, -0.15) is 0 Å². The zero-order valence-corrected chi connectivity index (χ0v) is 16.7. The maximum absolute atomic E-state index is 12.4. The molecule has 0 saturated heterocycles. The van der Waals surface area contributed by atoms with Crippen molar-refractivity contribution in [1.82, 2.24) is 9.88 Å². The predicted molar refractivity (Wildman–Crippen MR) is 103 cm³/mol. The van der Waals surface area contributed by atoms with Gasteiger partial charge in [0, 0.05) is 17.8 Å². The second kappa shape index (κ2) is 8.13. The van der Waals surface area contributed by atoms with E-state index in [1.165, 1.54) is 11.3 Å². The van der Waals surface area contributed by atoms with Crippen LogP contribution in [0.2, 0.25) is 0 Å². The van der Waals surface area contributed by atoms with Crippen LogP contribution in [0.1, 0.15) is 17.5 Å². The van der Waals surface area contributed by atoms with Gasteiger partial charge in [0.15, 0.2) is 11.7 Å². The van der Waals surface area contributed by atoms with Crippen LogP contribution in [-0.2, 0) is 27.8 Å². The smallest absolute Gasteiger partial charge is 0.260 e. The van der Waals surface area contributed by atoms with Crippen LogP contribution in [0.25, 0.3) is 0 Å². The molecule has 10 heteroatoms. The molecule has 0 aliphatic carbocycles. The quantitative estimate of drug-likeness (QED) is 0.747. The maximum atomic E-state index is 12.4. The molecular formula is C17H21N3O5S2. The molecule has 0 spiro atoms. The number of hydrogen-bond donors (Lipinski definition) is 1. The van der Waals surface area contributed by atoms with Gasteiger partial charge in [-0.25, -0.2) is 13.4 Å². The molecule has 3 rings (SSSR count). The van der Waals surface area contributed by atoms with Gasteiger partial charge in [-0.3, -0.25) is 9.52 Å². The van der Waals surface area contributed by atoms with Gasteiger partial charge >= 0.3 is 0 Å². The normalized spacial score (nSPS) is 13.8. The van der Waals surface area contributed by atoms with E-state index in [2.05, 4.69) is 9.71 Å². The summed E-state index contributed by atoms with van der Waals surface area (Å²) in [5.41, 5.74) is 0.836. The van der Waals surface area contributed by atoms with Crippen molar-refractivity contribution >= 4 is 32.4 Å². The van der Waals surface area contributed by atoms with Gasteiger partial charge in [-0.05, 0) is 31.2 Å². The molecule has 1 N–H and O–H groups in total. The van der Waals surface area contributed by atoms with E-state index in [9.17, 15) is 13.2 Å². The minimum atomic E-state index is -3.36. The number of hydrogen-bond acceptors (Lipinski definition) is 7. The second-order valence-electron chi connectivity index (χ2n) is 6.02. The molecule has 0 atom stereocenters. The third-order valence-corrected chi connectivity index (χ3v) is 5.54. The predicted octanol–water partition coefficient (Wildman–Crippen LogP) is 1.88. The fourth-order valence-electron chi connectivity index (χ4n) is 2.65. The van der Waals surface area contributed by atoms with E-state index in [-0.39, 0.29) is 12.5 Å². The third kappa shape index (κ3) is 5.33. The van der Waals surface area contributed by atoms with Crippen molar-refractivity contribution in [2.45, 2.75) is 19.9 Å². The minimum Gasteiger partial charge on any atom is -0.494 e. The van der Waals surface area contributed by atoms with Crippen LogP contribution in [0.4, 0.5) is 5.13 Å². The topological polar surface area (TPSA) is 97.8 Å². The van der Waals surface area contributed by atoms with Crippen molar-refractivity contribution in [3.8, 4) is 11.5 Å². The number of nitrogens with zero attached hydrogens (tertiary/aromatic N) is 2. The van der Waals surface area contributed by atoms with E-state index in [0.717, 1.165) is 22.6 Å². The fraction of sp³-hybridized carbons (Fsp3) is 0.412. The lowest BCUT2D eigenvalue weighted by atomic mass is 10.2. The summed E-state index contributed by atoms with van der Waals surface area (Å²) >= 11 is 1.25. The van der Waals surface area contributed by atoms with Crippen LogP contribution in [0, 0.1) is 0 Å². The Bertz CT molecular complexity index is 909. The van der Waals surface area contributed by atoms with Crippen LogP contribution in [-0.4, -0.2) is 50.2 Å². The number of fused-ring (bicyclic) bond motifs is 1. The van der Waals surface area contributed by atoms with Gasteiger partial charge in [0.1, 0.15) is 11.5 Å². The van der Waals surface area contributed by atoms with Crippen LogP contribution >= 0.6 is 11.3 Å². The fourth-order valence-corrected chi connectivity index (χ4v) is 4.50. The maximum Gasteiger partial charge on any atom is 0.260 e. The van der Waals surface area contributed by atoms with Crippen molar-refractivity contribution in [1.29, 1.82) is 0 Å². The number of anilines is 1. The van der Waals surface area contributed by atoms with E-state index >= 15 is 0 Å². The summed E-state index contributed by atoms with van der Waals surface area (Å²) in [6.07, 6.45) is 1.67.